The molecular formula is C12H14N2O3. The predicted octanol–water partition coefficient (Wildman–Crippen LogP) is 1.28. The third kappa shape index (κ3) is 2.55. The molecule has 17 heavy (non-hydrogen) atoms. The van der Waals surface area contributed by atoms with E-state index in [1.165, 1.54) is 6.92 Å². The molecular weight excluding hydrogens is 220 g/mol. The molecule has 0 aliphatic carbocycles. The second kappa shape index (κ2) is 4.86. The molecule has 0 saturated carbocycles. The number of imidazole rings is 1. The second-order valence-corrected chi connectivity index (χ2v) is 3.79. The maximum Gasteiger partial charge on any atom is 0.326 e. The van der Waals surface area contributed by atoms with Crippen molar-refractivity contribution in [2.24, 2.45) is 0 Å². The number of nitrogens with zero attached hydrogens (tertiary/aromatic N) is 1. The SMILES string of the molecule is CC(=O)OCCCn1c(=O)[nH]c2ccccc21. The van der Waals surface area contributed by atoms with E-state index in [2.05, 4.69) is 4.98 Å². The fourth-order valence-corrected chi connectivity index (χ4v) is 1.77. The number of aryl methyl sites for hydroxylation is 1. The average molecular weight is 234 g/mol. The van der Waals surface area contributed by atoms with Crippen LogP contribution in [0.5, 0.6) is 0 Å². The topological polar surface area (TPSA) is 64.1 Å². The maximum atomic E-state index is 11.7. The van der Waals surface area contributed by atoms with Gasteiger partial charge in [0.2, 0.25) is 0 Å². The van der Waals surface area contributed by atoms with Crippen molar-refractivity contribution in [1.29, 1.82) is 0 Å². The van der Waals surface area contributed by atoms with Crippen molar-refractivity contribution in [3.8, 4) is 0 Å². The van der Waals surface area contributed by atoms with E-state index in [1.54, 1.807) is 4.57 Å². The number of benzene rings is 1. The Morgan fingerprint density at radius 3 is 2.94 bits per heavy atom. The summed E-state index contributed by atoms with van der Waals surface area (Å²) in [6.45, 7) is 2.25. The Labute approximate surface area is 98.0 Å². The molecule has 0 saturated heterocycles. The van der Waals surface area contributed by atoms with Gasteiger partial charge in [0.25, 0.3) is 0 Å². The van der Waals surface area contributed by atoms with Gasteiger partial charge in [0.15, 0.2) is 0 Å². The number of esters is 1. The van der Waals surface area contributed by atoms with Crippen LogP contribution >= 0.6 is 0 Å². The summed E-state index contributed by atoms with van der Waals surface area (Å²) >= 11 is 0. The lowest BCUT2D eigenvalue weighted by Gasteiger charge is -2.03. The van der Waals surface area contributed by atoms with E-state index < -0.39 is 0 Å². The largest absolute Gasteiger partial charge is 0.466 e. The van der Waals surface area contributed by atoms with Gasteiger partial charge in [-0.25, -0.2) is 4.79 Å². The summed E-state index contributed by atoms with van der Waals surface area (Å²) in [7, 11) is 0. The molecule has 0 bridgehead atoms. The van der Waals surface area contributed by atoms with Gasteiger partial charge in [-0.3, -0.25) is 9.36 Å². The van der Waals surface area contributed by atoms with Crippen molar-refractivity contribution in [2.75, 3.05) is 6.61 Å². The summed E-state index contributed by atoms with van der Waals surface area (Å²) in [5, 5.41) is 0. The van der Waals surface area contributed by atoms with Gasteiger partial charge in [0.05, 0.1) is 17.6 Å². The van der Waals surface area contributed by atoms with Crippen molar-refractivity contribution in [1.82, 2.24) is 9.55 Å². The molecule has 2 rings (SSSR count). The number of ether oxygens (including phenoxy) is 1. The van der Waals surface area contributed by atoms with E-state index in [9.17, 15) is 9.59 Å². The fourth-order valence-electron chi connectivity index (χ4n) is 1.77. The molecule has 0 fully saturated rings. The first-order valence-corrected chi connectivity index (χ1v) is 5.49. The minimum atomic E-state index is -0.295. The Balaban J connectivity index is 2.10. The van der Waals surface area contributed by atoms with Crippen LogP contribution in [0, 0.1) is 0 Å². The number of aromatic nitrogens is 2. The minimum absolute atomic E-state index is 0.131. The first-order chi connectivity index (χ1) is 8.18. The van der Waals surface area contributed by atoms with Crippen LogP contribution in [-0.4, -0.2) is 22.1 Å². The van der Waals surface area contributed by atoms with Crippen molar-refractivity contribution >= 4 is 17.0 Å². The van der Waals surface area contributed by atoms with Crippen LogP contribution in [-0.2, 0) is 16.1 Å². The molecule has 2 aromatic rings. The van der Waals surface area contributed by atoms with E-state index in [-0.39, 0.29) is 11.7 Å². The molecule has 0 aliphatic rings. The summed E-state index contributed by atoms with van der Waals surface area (Å²) in [6.07, 6.45) is 0.626. The van der Waals surface area contributed by atoms with Crippen molar-refractivity contribution in [3.63, 3.8) is 0 Å². The number of hydrogen-bond donors (Lipinski definition) is 1. The maximum absolute atomic E-state index is 11.7. The summed E-state index contributed by atoms with van der Waals surface area (Å²) in [5.41, 5.74) is 1.57. The zero-order valence-electron chi connectivity index (χ0n) is 9.60. The number of aromatic amines is 1. The highest BCUT2D eigenvalue weighted by Gasteiger charge is 2.05. The van der Waals surface area contributed by atoms with E-state index in [4.69, 9.17) is 4.74 Å². The molecule has 5 heteroatoms. The monoisotopic (exact) mass is 234 g/mol. The number of carbonyl (C=O) groups is 1. The van der Waals surface area contributed by atoms with E-state index in [0.29, 0.717) is 19.6 Å². The summed E-state index contributed by atoms with van der Waals surface area (Å²) in [4.78, 5) is 25.0. The highest BCUT2D eigenvalue weighted by atomic mass is 16.5. The van der Waals surface area contributed by atoms with Gasteiger partial charge in [-0.15, -0.1) is 0 Å². The first-order valence-electron chi connectivity index (χ1n) is 5.49. The molecule has 0 atom stereocenters. The molecule has 0 radical (unpaired) electrons. The lowest BCUT2D eigenvalue weighted by molar-refractivity contribution is -0.141. The molecule has 0 spiro atoms. The number of H-pyrrole nitrogens is 1. The number of rotatable bonds is 4. The van der Waals surface area contributed by atoms with Gasteiger partial charge < -0.3 is 9.72 Å². The Bertz CT molecular complexity index is 583. The van der Waals surface area contributed by atoms with Crippen LogP contribution in [0.15, 0.2) is 29.1 Å². The predicted molar refractivity (Wildman–Crippen MR) is 63.8 cm³/mol. The number of fused-ring (bicyclic) bond motifs is 1. The molecule has 0 unspecified atom stereocenters. The van der Waals surface area contributed by atoms with Crippen LogP contribution in [0.2, 0.25) is 0 Å². The van der Waals surface area contributed by atoms with Gasteiger partial charge in [-0.2, -0.15) is 0 Å². The standard InChI is InChI=1S/C12H14N2O3/c1-9(15)17-8-4-7-14-11-6-3-2-5-10(11)13-12(14)16/h2-3,5-6H,4,7-8H2,1H3,(H,13,16). The van der Waals surface area contributed by atoms with Gasteiger partial charge in [-0.05, 0) is 18.6 Å². The summed E-state index contributed by atoms with van der Waals surface area (Å²) in [5.74, 6) is -0.295. The number of carbonyl (C=O) groups excluding carboxylic acids is 1. The quantitative estimate of drug-likeness (QED) is 0.640. The second-order valence-electron chi connectivity index (χ2n) is 3.79. The van der Waals surface area contributed by atoms with Gasteiger partial charge in [0.1, 0.15) is 0 Å². The summed E-state index contributed by atoms with van der Waals surface area (Å²) in [6, 6.07) is 7.51. The zero-order valence-corrected chi connectivity index (χ0v) is 9.60. The fraction of sp³-hybridized carbons (Fsp3) is 0.333. The third-order valence-corrected chi connectivity index (χ3v) is 2.51. The smallest absolute Gasteiger partial charge is 0.326 e. The normalized spacial score (nSPS) is 10.6. The first kappa shape index (κ1) is 11.4. The highest BCUT2D eigenvalue weighted by Crippen LogP contribution is 2.09. The van der Waals surface area contributed by atoms with Gasteiger partial charge >= 0.3 is 11.7 Å². The van der Waals surface area contributed by atoms with Crippen LogP contribution in [0.25, 0.3) is 11.0 Å². The number of para-hydroxylation sites is 2. The third-order valence-electron chi connectivity index (χ3n) is 2.51. The minimum Gasteiger partial charge on any atom is -0.466 e. The molecule has 1 aromatic carbocycles. The van der Waals surface area contributed by atoms with Crippen molar-refractivity contribution in [3.05, 3.63) is 34.7 Å². The Hall–Kier alpha value is -2.04. The molecule has 0 amide bonds. The van der Waals surface area contributed by atoms with E-state index in [0.717, 1.165) is 11.0 Å². The Kier molecular flexibility index (Phi) is 3.27. The summed E-state index contributed by atoms with van der Waals surface area (Å²) < 4.78 is 6.48. The highest BCUT2D eigenvalue weighted by molar-refractivity contribution is 5.74. The van der Waals surface area contributed by atoms with Gasteiger partial charge in [0, 0.05) is 13.5 Å². The zero-order chi connectivity index (χ0) is 12.3. The lowest BCUT2D eigenvalue weighted by Crippen LogP contribution is -2.18. The number of hydrogen-bond acceptors (Lipinski definition) is 3. The Morgan fingerprint density at radius 2 is 2.18 bits per heavy atom. The van der Waals surface area contributed by atoms with Crippen LogP contribution in [0.4, 0.5) is 0 Å². The molecule has 0 aliphatic heterocycles. The van der Waals surface area contributed by atoms with Crippen LogP contribution in [0.1, 0.15) is 13.3 Å². The Morgan fingerprint density at radius 1 is 1.41 bits per heavy atom. The van der Waals surface area contributed by atoms with Crippen molar-refractivity contribution in [2.45, 2.75) is 19.9 Å². The lowest BCUT2D eigenvalue weighted by atomic mass is 10.3. The van der Waals surface area contributed by atoms with E-state index >= 15 is 0 Å². The molecule has 5 nitrogen and oxygen atoms in total. The molecule has 1 N–H and O–H groups in total. The van der Waals surface area contributed by atoms with Gasteiger partial charge in [-0.1, -0.05) is 12.1 Å². The molecule has 1 heterocycles. The molecule has 1 aromatic heterocycles. The number of nitrogens with one attached hydrogen (secondary N) is 1. The van der Waals surface area contributed by atoms with Crippen molar-refractivity contribution < 1.29 is 9.53 Å². The molecule has 90 valence electrons. The average Bonchev–Trinajstić information content (AvgIpc) is 2.60. The van der Waals surface area contributed by atoms with Crippen LogP contribution in [0.3, 0.4) is 0 Å². The van der Waals surface area contributed by atoms with E-state index in [1.807, 2.05) is 24.3 Å². The van der Waals surface area contributed by atoms with Crippen LogP contribution < -0.4 is 5.69 Å².